The largest absolute Gasteiger partial charge is 0.465 e. The van der Waals surface area contributed by atoms with Crippen LogP contribution in [0.15, 0.2) is 36.4 Å². The van der Waals surface area contributed by atoms with Gasteiger partial charge in [0, 0.05) is 17.3 Å². The smallest absolute Gasteiger partial charge is 0.340 e. The van der Waals surface area contributed by atoms with Crippen LogP contribution >= 0.6 is 0 Å². The standard InChI is InChI=1S/C16H13NO3/c1-10-14(16(19)20-2)15(11-6-4-3-5-7-11)12-8-9-13(18)17(10)12/h3-9H,1-2H3. The molecule has 0 fully saturated rings. The number of carbonyl (C=O) groups is 2. The van der Waals surface area contributed by atoms with Crippen LogP contribution in [0.3, 0.4) is 0 Å². The van der Waals surface area contributed by atoms with Crippen molar-refractivity contribution in [2.75, 3.05) is 7.11 Å². The molecule has 0 spiro atoms. The van der Waals surface area contributed by atoms with Gasteiger partial charge in [-0.1, -0.05) is 30.3 Å². The Morgan fingerprint density at radius 2 is 1.85 bits per heavy atom. The molecule has 2 aromatic rings. The normalized spacial score (nSPS) is 12.6. The Labute approximate surface area is 116 Å². The minimum atomic E-state index is -0.426. The number of carbonyl (C=O) groups excluding carboxylic acids is 2. The van der Waals surface area contributed by atoms with E-state index < -0.39 is 5.97 Å². The molecule has 0 N–H and O–H groups in total. The fourth-order valence-corrected chi connectivity index (χ4v) is 2.63. The average molecular weight is 267 g/mol. The monoisotopic (exact) mass is 267 g/mol. The first-order valence-corrected chi connectivity index (χ1v) is 6.26. The van der Waals surface area contributed by atoms with Crippen molar-refractivity contribution in [2.45, 2.75) is 6.92 Å². The molecule has 1 aromatic heterocycles. The number of allylic oxidation sites excluding steroid dienone is 1. The second kappa shape index (κ2) is 4.49. The van der Waals surface area contributed by atoms with Gasteiger partial charge in [-0.2, -0.15) is 0 Å². The second-order valence-electron chi connectivity index (χ2n) is 4.59. The van der Waals surface area contributed by atoms with Gasteiger partial charge >= 0.3 is 5.97 Å². The molecule has 3 rings (SSSR count). The molecule has 0 unspecified atom stereocenters. The molecule has 0 amide bonds. The maximum absolute atomic E-state index is 12.1. The quantitative estimate of drug-likeness (QED) is 0.786. The summed E-state index contributed by atoms with van der Waals surface area (Å²) in [7, 11) is 1.34. The lowest BCUT2D eigenvalue weighted by molar-refractivity contribution is 0.0601. The third kappa shape index (κ3) is 1.61. The van der Waals surface area contributed by atoms with Crippen molar-refractivity contribution in [1.29, 1.82) is 0 Å². The molecule has 2 heterocycles. The van der Waals surface area contributed by atoms with Gasteiger partial charge in [-0.3, -0.25) is 9.36 Å². The van der Waals surface area contributed by atoms with Gasteiger partial charge in [0.05, 0.1) is 18.4 Å². The van der Waals surface area contributed by atoms with Crippen molar-refractivity contribution in [3.05, 3.63) is 53.4 Å². The molecule has 4 nitrogen and oxygen atoms in total. The Morgan fingerprint density at radius 1 is 1.15 bits per heavy atom. The fraction of sp³-hybridized carbons (Fsp3) is 0.125. The van der Waals surface area contributed by atoms with Crippen LogP contribution in [0, 0.1) is 6.92 Å². The summed E-state index contributed by atoms with van der Waals surface area (Å²) in [5.74, 6) is -0.561. The van der Waals surface area contributed by atoms with Crippen LogP contribution in [0.2, 0.25) is 0 Å². The van der Waals surface area contributed by atoms with Crippen molar-refractivity contribution < 1.29 is 14.3 Å². The lowest BCUT2D eigenvalue weighted by atomic mass is 10.00. The van der Waals surface area contributed by atoms with Gasteiger partial charge in [0.25, 0.3) is 5.91 Å². The maximum atomic E-state index is 12.1. The van der Waals surface area contributed by atoms with Crippen molar-refractivity contribution in [3.8, 4) is 11.1 Å². The van der Waals surface area contributed by atoms with Crippen molar-refractivity contribution in [1.82, 2.24) is 4.57 Å². The van der Waals surface area contributed by atoms with Crippen LogP contribution in [-0.2, 0) is 4.74 Å². The number of rotatable bonds is 2. The topological polar surface area (TPSA) is 48.3 Å². The number of benzene rings is 1. The van der Waals surface area contributed by atoms with E-state index in [4.69, 9.17) is 4.74 Å². The number of methoxy groups -OCH3 is 1. The molecule has 0 aliphatic carbocycles. The number of aromatic nitrogens is 1. The first-order chi connectivity index (χ1) is 9.65. The van der Waals surface area contributed by atoms with E-state index in [9.17, 15) is 9.59 Å². The molecule has 1 aliphatic rings. The highest BCUT2D eigenvalue weighted by Gasteiger charge is 2.29. The zero-order valence-electron chi connectivity index (χ0n) is 11.2. The van der Waals surface area contributed by atoms with Gasteiger partial charge in [0.2, 0.25) is 0 Å². The number of hydrogen-bond acceptors (Lipinski definition) is 3. The van der Waals surface area contributed by atoms with E-state index in [0.717, 1.165) is 16.8 Å². The predicted molar refractivity (Wildman–Crippen MR) is 75.6 cm³/mol. The number of hydrogen-bond donors (Lipinski definition) is 0. The molecule has 1 aliphatic heterocycles. The second-order valence-corrected chi connectivity index (χ2v) is 4.59. The summed E-state index contributed by atoms with van der Waals surface area (Å²) in [6.45, 7) is 1.76. The highest BCUT2D eigenvalue weighted by atomic mass is 16.5. The zero-order valence-corrected chi connectivity index (χ0v) is 11.2. The first kappa shape index (κ1) is 12.4. The Kier molecular flexibility index (Phi) is 2.79. The van der Waals surface area contributed by atoms with Crippen LogP contribution in [0.5, 0.6) is 0 Å². The average Bonchev–Trinajstić information content (AvgIpc) is 2.98. The number of ether oxygens (including phenoxy) is 1. The van der Waals surface area contributed by atoms with E-state index in [1.54, 1.807) is 17.6 Å². The van der Waals surface area contributed by atoms with Crippen molar-refractivity contribution in [3.63, 3.8) is 0 Å². The molecule has 0 radical (unpaired) electrons. The van der Waals surface area contributed by atoms with E-state index in [2.05, 4.69) is 0 Å². The van der Waals surface area contributed by atoms with Crippen molar-refractivity contribution >= 4 is 18.0 Å². The number of nitrogens with zero attached hydrogens (tertiary/aromatic N) is 1. The summed E-state index contributed by atoms with van der Waals surface area (Å²) >= 11 is 0. The van der Waals surface area contributed by atoms with Crippen LogP contribution in [-0.4, -0.2) is 23.6 Å². The highest BCUT2D eigenvalue weighted by Crippen LogP contribution is 2.36. The van der Waals surface area contributed by atoms with E-state index in [0.29, 0.717) is 11.3 Å². The molecular formula is C16H13NO3. The Bertz CT molecular complexity index is 739. The van der Waals surface area contributed by atoms with Gasteiger partial charge in [-0.05, 0) is 18.6 Å². The highest BCUT2D eigenvalue weighted by molar-refractivity contribution is 6.09. The molecule has 0 saturated heterocycles. The summed E-state index contributed by atoms with van der Waals surface area (Å²) in [6, 6.07) is 9.54. The minimum absolute atomic E-state index is 0.134. The SMILES string of the molecule is COC(=O)c1c(-c2ccccc2)c2n(c1C)C(=O)C=C2. The third-order valence-corrected chi connectivity index (χ3v) is 3.50. The summed E-state index contributed by atoms with van der Waals surface area (Å²) in [5, 5.41) is 0. The third-order valence-electron chi connectivity index (χ3n) is 3.50. The zero-order chi connectivity index (χ0) is 14.3. The Morgan fingerprint density at radius 3 is 2.50 bits per heavy atom. The van der Waals surface area contributed by atoms with Gasteiger partial charge in [0.15, 0.2) is 0 Å². The first-order valence-electron chi connectivity index (χ1n) is 6.26. The summed E-state index contributed by atoms with van der Waals surface area (Å²) in [4.78, 5) is 24.0. The minimum Gasteiger partial charge on any atom is -0.465 e. The predicted octanol–water partition coefficient (Wildman–Crippen LogP) is 2.92. The molecule has 0 bridgehead atoms. The molecule has 0 saturated carbocycles. The summed E-state index contributed by atoms with van der Waals surface area (Å²) < 4.78 is 6.41. The number of fused-ring (bicyclic) bond motifs is 1. The molecule has 100 valence electrons. The van der Waals surface area contributed by atoms with E-state index >= 15 is 0 Å². The number of esters is 1. The van der Waals surface area contributed by atoms with Gasteiger partial charge in [-0.15, -0.1) is 0 Å². The van der Waals surface area contributed by atoms with Crippen LogP contribution in [0.1, 0.15) is 26.5 Å². The molecule has 4 heteroatoms. The molecular weight excluding hydrogens is 254 g/mol. The van der Waals surface area contributed by atoms with Gasteiger partial charge < -0.3 is 4.74 Å². The lowest BCUT2D eigenvalue weighted by Crippen LogP contribution is -2.09. The Balaban J connectivity index is 2.36. The molecule has 0 atom stereocenters. The summed E-state index contributed by atoms with van der Waals surface area (Å²) in [6.07, 6.45) is 3.25. The van der Waals surface area contributed by atoms with E-state index in [1.165, 1.54) is 13.2 Å². The van der Waals surface area contributed by atoms with Crippen LogP contribution in [0.4, 0.5) is 0 Å². The van der Waals surface area contributed by atoms with Crippen LogP contribution < -0.4 is 0 Å². The van der Waals surface area contributed by atoms with Gasteiger partial charge in [0.1, 0.15) is 0 Å². The maximum Gasteiger partial charge on any atom is 0.340 e. The fourth-order valence-electron chi connectivity index (χ4n) is 2.63. The molecule has 20 heavy (non-hydrogen) atoms. The van der Waals surface area contributed by atoms with Crippen molar-refractivity contribution in [2.24, 2.45) is 0 Å². The van der Waals surface area contributed by atoms with E-state index in [1.807, 2.05) is 30.3 Å². The Hall–Kier alpha value is -2.62. The van der Waals surface area contributed by atoms with Gasteiger partial charge in [-0.25, -0.2) is 4.79 Å². The van der Waals surface area contributed by atoms with E-state index in [-0.39, 0.29) is 5.91 Å². The lowest BCUT2D eigenvalue weighted by Gasteiger charge is -2.05. The summed E-state index contributed by atoms with van der Waals surface area (Å²) in [5.41, 5.74) is 3.44. The molecule has 1 aromatic carbocycles. The van der Waals surface area contributed by atoms with Crippen LogP contribution in [0.25, 0.3) is 17.2 Å².